The third-order valence-corrected chi connectivity index (χ3v) is 6.55. The van der Waals surface area contributed by atoms with E-state index in [2.05, 4.69) is 10.2 Å². The highest BCUT2D eigenvalue weighted by molar-refractivity contribution is 5.79. The normalized spacial score (nSPS) is 24.0. The van der Waals surface area contributed by atoms with E-state index in [4.69, 9.17) is 9.47 Å². The molecule has 1 aromatic carbocycles. The van der Waals surface area contributed by atoms with Gasteiger partial charge in [-0.25, -0.2) is 9.18 Å². The van der Waals surface area contributed by atoms with Gasteiger partial charge < -0.3 is 14.4 Å². The van der Waals surface area contributed by atoms with E-state index in [0.717, 1.165) is 12.7 Å². The van der Waals surface area contributed by atoms with Crippen molar-refractivity contribution in [2.45, 2.75) is 69.9 Å². The third-order valence-electron chi connectivity index (χ3n) is 6.55. The van der Waals surface area contributed by atoms with E-state index in [1.165, 1.54) is 7.11 Å². The maximum atomic E-state index is 15.6. The van der Waals surface area contributed by atoms with Crippen molar-refractivity contribution in [3.63, 3.8) is 0 Å². The summed E-state index contributed by atoms with van der Waals surface area (Å²) < 4.78 is 26.6. The number of carbonyl (C=O) groups excluding carboxylic acids is 2. The van der Waals surface area contributed by atoms with Gasteiger partial charge in [0.05, 0.1) is 24.9 Å². The minimum absolute atomic E-state index is 0.0628. The molecule has 0 spiro atoms. The molecule has 1 aromatic heterocycles. The number of piperidine rings is 1. The van der Waals surface area contributed by atoms with E-state index in [9.17, 15) is 9.59 Å². The van der Waals surface area contributed by atoms with E-state index in [-0.39, 0.29) is 6.04 Å². The molecular weight excluding hydrogens is 439 g/mol. The molecule has 3 heterocycles. The summed E-state index contributed by atoms with van der Waals surface area (Å²) in [7, 11) is 3.34. The number of rotatable bonds is 5. The van der Waals surface area contributed by atoms with E-state index in [1.807, 2.05) is 32.7 Å². The van der Waals surface area contributed by atoms with Crippen LogP contribution in [0.15, 0.2) is 30.3 Å². The number of halogens is 1. The highest BCUT2D eigenvalue weighted by Gasteiger charge is 2.52. The topological polar surface area (TPSA) is 84.9 Å². The van der Waals surface area contributed by atoms with Crippen molar-refractivity contribution in [2.24, 2.45) is 0 Å². The molecular formula is C25H31FN4O4. The van der Waals surface area contributed by atoms with Gasteiger partial charge in [0.15, 0.2) is 5.82 Å². The molecule has 2 saturated heterocycles. The molecule has 2 fully saturated rings. The maximum absolute atomic E-state index is 15.6. The minimum Gasteiger partial charge on any atom is -0.496 e. The number of hydrogen-bond acceptors (Lipinski definition) is 7. The zero-order valence-electron chi connectivity index (χ0n) is 20.2. The van der Waals surface area contributed by atoms with Gasteiger partial charge in [0.1, 0.15) is 23.8 Å². The van der Waals surface area contributed by atoms with Crippen LogP contribution >= 0.6 is 0 Å². The Morgan fingerprint density at radius 2 is 1.97 bits per heavy atom. The summed E-state index contributed by atoms with van der Waals surface area (Å²) in [5, 5.41) is 8.66. The van der Waals surface area contributed by atoms with Crippen LogP contribution in [0.1, 0.15) is 50.4 Å². The second-order valence-electron chi connectivity index (χ2n) is 9.90. The fourth-order valence-electron chi connectivity index (χ4n) is 4.91. The fraction of sp³-hybridized carbons (Fsp3) is 0.520. The van der Waals surface area contributed by atoms with Crippen LogP contribution in [-0.2, 0) is 4.74 Å². The molecule has 4 atom stereocenters. The molecule has 2 aromatic rings. The van der Waals surface area contributed by atoms with Crippen molar-refractivity contribution in [1.29, 1.82) is 0 Å². The van der Waals surface area contributed by atoms with E-state index >= 15 is 4.39 Å². The van der Waals surface area contributed by atoms with Gasteiger partial charge in [0.2, 0.25) is 0 Å². The van der Waals surface area contributed by atoms with Crippen molar-refractivity contribution in [2.75, 3.05) is 19.1 Å². The first kappa shape index (κ1) is 23.9. The number of aromatic nitrogens is 2. The minimum atomic E-state index is -1.23. The van der Waals surface area contributed by atoms with Crippen LogP contribution in [-0.4, -0.2) is 71.5 Å². The number of carbonyl (C=O) groups is 2. The van der Waals surface area contributed by atoms with Gasteiger partial charge in [0.25, 0.3) is 0 Å². The Balaban J connectivity index is 1.51. The summed E-state index contributed by atoms with van der Waals surface area (Å²) in [6, 6.07) is 7.70. The Morgan fingerprint density at radius 1 is 1.21 bits per heavy atom. The average Bonchev–Trinajstić information content (AvgIpc) is 3.16. The van der Waals surface area contributed by atoms with Crippen molar-refractivity contribution in [3.8, 4) is 17.0 Å². The van der Waals surface area contributed by atoms with Gasteiger partial charge in [-0.3, -0.25) is 9.69 Å². The number of benzene rings is 1. The van der Waals surface area contributed by atoms with Gasteiger partial charge in [-0.1, -0.05) is 6.07 Å². The lowest BCUT2D eigenvalue weighted by Gasteiger charge is -2.44. The van der Waals surface area contributed by atoms with Crippen molar-refractivity contribution in [3.05, 3.63) is 35.9 Å². The number of nitrogens with zero attached hydrogens (tertiary/aromatic N) is 4. The van der Waals surface area contributed by atoms with E-state index in [0.29, 0.717) is 41.2 Å². The summed E-state index contributed by atoms with van der Waals surface area (Å²) in [5.41, 5.74) is 1.18. The first-order chi connectivity index (χ1) is 16.1. The summed E-state index contributed by atoms with van der Waals surface area (Å²) >= 11 is 0. The van der Waals surface area contributed by atoms with Crippen LogP contribution in [0, 0.1) is 0 Å². The van der Waals surface area contributed by atoms with Gasteiger partial charge >= 0.3 is 6.09 Å². The van der Waals surface area contributed by atoms with Crippen LogP contribution < -0.4 is 9.64 Å². The van der Waals surface area contributed by atoms with Crippen molar-refractivity contribution < 1.29 is 23.5 Å². The molecule has 0 unspecified atom stereocenters. The van der Waals surface area contributed by atoms with E-state index < -0.39 is 29.9 Å². The van der Waals surface area contributed by atoms with Crippen molar-refractivity contribution in [1.82, 2.24) is 15.1 Å². The number of methoxy groups -OCH3 is 1. The molecule has 2 aliphatic heterocycles. The Morgan fingerprint density at radius 3 is 2.59 bits per heavy atom. The molecule has 182 valence electrons. The third kappa shape index (κ3) is 4.56. The Hall–Kier alpha value is -3.23. The quantitative estimate of drug-likeness (QED) is 0.603. The molecule has 0 saturated carbocycles. The molecule has 8 nitrogen and oxygen atoms in total. The maximum Gasteiger partial charge on any atom is 0.410 e. The number of aldehydes is 1. The predicted octanol–water partition coefficient (Wildman–Crippen LogP) is 4.28. The highest BCUT2D eigenvalue weighted by atomic mass is 19.1. The zero-order valence-corrected chi connectivity index (χ0v) is 20.2. The lowest BCUT2D eigenvalue weighted by atomic mass is 9.94. The molecule has 0 aliphatic carbocycles. The molecule has 9 heteroatoms. The lowest BCUT2D eigenvalue weighted by molar-refractivity contribution is -0.0104. The second kappa shape index (κ2) is 9.19. The van der Waals surface area contributed by atoms with Crippen LogP contribution in [0.4, 0.5) is 15.0 Å². The van der Waals surface area contributed by atoms with Gasteiger partial charge in [0, 0.05) is 24.2 Å². The number of hydrogen-bond donors (Lipinski definition) is 0. The van der Waals surface area contributed by atoms with Crippen molar-refractivity contribution >= 4 is 18.2 Å². The van der Waals surface area contributed by atoms with Gasteiger partial charge in [-0.05, 0) is 64.3 Å². The molecule has 1 amide bonds. The number of anilines is 1. The average molecular weight is 471 g/mol. The van der Waals surface area contributed by atoms with Gasteiger partial charge in [-0.15, -0.1) is 10.2 Å². The van der Waals surface area contributed by atoms with Crippen LogP contribution in [0.2, 0.25) is 0 Å². The summed E-state index contributed by atoms with van der Waals surface area (Å²) in [6.45, 7) is 5.44. The second-order valence-corrected chi connectivity index (χ2v) is 9.90. The first-order valence-electron chi connectivity index (χ1n) is 11.5. The molecule has 2 aliphatic rings. The number of ether oxygens (including phenoxy) is 2. The smallest absolute Gasteiger partial charge is 0.410 e. The Bertz CT molecular complexity index is 1060. The first-order valence-corrected chi connectivity index (χ1v) is 11.5. The Kier molecular flexibility index (Phi) is 6.47. The molecule has 4 rings (SSSR count). The summed E-state index contributed by atoms with van der Waals surface area (Å²) in [6.07, 6.45) is 0.964. The zero-order chi connectivity index (χ0) is 24.6. The number of fused-ring (bicyclic) bond motifs is 2. The molecule has 34 heavy (non-hydrogen) atoms. The number of amides is 1. The fourth-order valence-corrected chi connectivity index (χ4v) is 4.91. The monoisotopic (exact) mass is 470 g/mol. The predicted molar refractivity (Wildman–Crippen MR) is 126 cm³/mol. The van der Waals surface area contributed by atoms with Gasteiger partial charge in [-0.2, -0.15) is 0 Å². The largest absolute Gasteiger partial charge is 0.496 e. The molecule has 2 bridgehead atoms. The SMILES string of the molecule is COc1cc(C=O)ccc1-c1ccc(N(C)[C@H]2C[C@@H]3CC[C@H]([C@H]2F)N3C(=O)OC(C)(C)C)nn1. The van der Waals surface area contributed by atoms with Crippen LogP contribution in [0.25, 0.3) is 11.3 Å². The highest BCUT2D eigenvalue weighted by Crippen LogP contribution is 2.41. The lowest BCUT2D eigenvalue weighted by Crippen LogP contribution is -2.59. The van der Waals surface area contributed by atoms with Crippen LogP contribution in [0.5, 0.6) is 5.75 Å². The van der Waals surface area contributed by atoms with Crippen LogP contribution in [0.3, 0.4) is 0 Å². The number of alkyl halides is 1. The Labute approximate surface area is 199 Å². The molecule has 0 radical (unpaired) electrons. The standard InChI is InChI=1S/C25H31FN4O4/c1-25(2,3)34-24(32)30-16-7-10-19(30)23(26)20(13-16)29(4)22-11-9-18(27-28-22)17-8-6-15(14-31)12-21(17)33-5/h6,8-9,11-12,14,16,19-20,23H,7,10,13H2,1-5H3/t16-,19+,20-,23+/m0/s1. The summed E-state index contributed by atoms with van der Waals surface area (Å²) in [5.74, 6) is 1.07. The molecule has 0 N–H and O–H groups in total. The van der Waals surface area contributed by atoms with E-state index in [1.54, 1.807) is 35.2 Å². The summed E-state index contributed by atoms with van der Waals surface area (Å²) in [4.78, 5) is 27.2.